The SMILES string of the molecule is COc1cc(C(N)CC(=O)O)ccc1OC(=O)/C=C/c1cccs1. The van der Waals surface area contributed by atoms with Crippen LogP contribution in [0.2, 0.25) is 0 Å². The first-order valence-corrected chi connectivity index (χ1v) is 7.96. The molecule has 2 rings (SSSR count). The third-order valence-corrected chi connectivity index (χ3v) is 3.99. The van der Waals surface area contributed by atoms with Crippen molar-refractivity contribution in [2.24, 2.45) is 5.73 Å². The zero-order chi connectivity index (χ0) is 17.5. The second-order valence-electron chi connectivity index (χ2n) is 4.88. The van der Waals surface area contributed by atoms with Crippen LogP contribution in [0.4, 0.5) is 0 Å². The third kappa shape index (κ3) is 4.94. The van der Waals surface area contributed by atoms with E-state index < -0.39 is 18.0 Å². The molecule has 1 aromatic carbocycles. The molecule has 6 nitrogen and oxygen atoms in total. The molecule has 7 heteroatoms. The monoisotopic (exact) mass is 347 g/mol. The quantitative estimate of drug-likeness (QED) is 0.454. The van der Waals surface area contributed by atoms with Crippen molar-refractivity contribution in [3.05, 3.63) is 52.2 Å². The number of hydrogen-bond acceptors (Lipinski definition) is 6. The number of carboxylic acid groups (broad SMARTS) is 1. The Morgan fingerprint density at radius 2 is 2.12 bits per heavy atom. The highest BCUT2D eigenvalue weighted by Crippen LogP contribution is 2.30. The minimum atomic E-state index is -0.990. The number of rotatable bonds is 7. The average molecular weight is 347 g/mol. The molecule has 3 N–H and O–H groups in total. The number of carbonyl (C=O) groups excluding carboxylic acids is 1. The topological polar surface area (TPSA) is 98.8 Å². The number of ether oxygens (including phenoxy) is 2. The van der Waals surface area contributed by atoms with E-state index in [2.05, 4.69) is 0 Å². The molecule has 2 aromatic rings. The minimum Gasteiger partial charge on any atom is -0.493 e. The van der Waals surface area contributed by atoms with Crippen molar-refractivity contribution in [1.29, 1.82) is 0 Å². The molecule has 1 aromatic heterocycles. The molecule has 0 radical (unpaired) electrons. The van der Waals surface area contributed by atoms with Crippen molar-refractivity contribution in [3.8, 4) is 11.5 Å². The van der Waals surface area contributed by atoms with Crippen LogP contribution in [-0.2, 0) is 9.59 Å². The molecule has 0 aliphatic rings. The summed E-state index contributed by atoms with van der Waals surface area (Å²) in [5, 5.41) is 10.7. The van der Waals surface area contributed by atoms with E-state index in [1.54, 1.807) is 18.2 Å². The summed E-state index contributed by atoms with van der Waals surface area (Å²) in [5.41, 5.74) is 6.40. The van der Waals surface area contributed by atoms with Gasteiger partial charge in [-0.05, 0) is 35.2 Å². The van der Waals surface area contributed by atoms with E-state index in [4.69, 9.17) is 20.3 Å². The van der Waals surface area contributed by atoms with Gasteiger partial charge in [-0.25, -0.2) is 4.79 Å². The summed E-state index contributed by atoms with van der Waals surface area (Å²) in [4.78, 5) is 23.5. The van der Waals surface area contributed by atoms with Crippen molar-refractivity contribution < 1.29 is 24.2 Å². The van der Waals surface area contributed by atoms with Crippen LogP contribution < -0.4 is 15.2 Å². The lowest BCUT2D eigenvalue weighted by molar-refractivity contribution is -0.137. The fraction of sp³-hybridized carbons (Fsp3) is 0.176. The van der Waals surface area contributed by atoms with Crippen LogP contribution in [0.15, 0.2) is 41.8 Å². The van der Waals surface area contributed by atoms with Gasteiger partial charge in [0.1, 0.15) is 0 Å². The maximum atomic E-state index is 11.9. The number of esters is 1. The van der Waals surface area contributed by atoms with Gasteiger partial charge in [-0.2, -0.15) is 0 Å². The van der Waals surface area contributed by atoms with E-state index in [0.717, 1.165) is 4.88 Å². The number of carbonyl (C=O) groups is 2. The molecular formula is C17H17NO5S. The second-order valence-corrected chi connectivity index (χ2v) is 5.86. The van der Waals surface area contributed by atoms with Gasteiger partial charge in [-0.3, -0.25) is 4.79 Å². The lowest BCUT2D eigenvalue weighted by Crippen LogP contribution is -2.15. The first kappa shape index (κ1) is 17.7. The summed E-state index contributed by atoms with van der Waals surface area (Å²) in [6.45, 7) is 0. The molecule has 1 atom stereocenters. The standard InChI is InChI=1S/C17H17NO5S/c1-22-15-9-11(13(18)10-16(19)20)4-6-14(15)23-17(21)7-5-12-3-2-8-24-12/h2-9,13H,10,18H2,1H3,(H,19,20)/b7-5+. The Kier molecular flexibility index (Phi) is 6.11. The van der Waals surface area contributed by atoms with Crippen LogP contribution >= 0.6 is 11.3 Å². The molecule has 1 unspecified atom stereocenters. The molecule has 24 heavy (non-hydrogen) atoms. The Morgan fingerprint density at radius 1 is 1.33 bits per heavy atom. The Balaban J connectivity index is 2.09. The zero-order valence-corrected chi connectivity index (χ0v) is 13.8. The molecule has 0 amide bonds. The van der Waals surface area contributed by atoms with Crippen molar-refractivity contribution in [2.45, 2.75) is 12.5 Å². The van der Waals surface area contributed by atoms with E-state index in [1.807, 2.05) is 17.5 Å². The van der Waals surface area contributed by atoms with E-state index in [9.17, 15) is 9.59 Å². The van der Waals surface area contributed by atoms with E-state index in [1.165, 1.54) is 30.6 Å². The molecule has 0 bridgehead atoms. The van der Waals surface area contributed by atoms with Gasteiger partial charge < -0.3 is 20.3 Å². The second kappa shape index (κ2) is 8.28. The van der Waals surface area contributed by atoms with Crippen molar-refractivity contribution in [3.63, 3.8) is 0 Å². The molecule has 0 saturated carbocycles. The van der Waals surface area contributed by atoms with Crippen LogP contribution in [0, 0.1) is 0 Å². The minimum absolute atomic E-state index is 0.203. The average Bonchev–Trinajstić information content (AvgIpc) is 3.06. The highest BCUT2D eigenvalue weighted by Gasteiger charge is 2.15. The summed E-state index contributed by atoms with van der Waals surface area (Å²) in [6, 6.07) is 7.82. The number of hydrogen-bond donors (Lipinski definition) is 2. The number of thiophene rings is 1. The van der Waals surface area contributed by atoms with Crippen LogP contribution in [0.5, 0.6) is 11.5 Å². The molecule has 0 fully saturated rings. The number of benzene rings is 1. The van der Waals surface area contributed by atoms with Crippen LogP contribution in [0.1, 0.15) is 22.9 Å². The van der Waals surface area contributed by atoms with Gasteiger partial charge in [-0.1, -0.05) is 12.1 Å². The Morgan fingerprint density at radius 3 is 2.75 bits per heavy atom. The molecule has 126 valence electrons. The smallest absolute Gasteiger partial charge is 0.336 e. The van der Waals surface area contributed by atoms with Gasteiger partial charge in [0, 0.05) is 17.0 Å². The molecule has 1 heterocycles. The lowest BCUT2D eigenvalue weighted by atomic mass is 10.0. The summed E-state index contributed by atoms with van der Waals surface area (Å²) < 4.78 is 10.4. The van der Waals surface area contributed by atoms with Gasteiger partial charge in [0.05, 0.1) is 13.5 Å². The molecule has 0 spiro atoms. The fourth-order valence-corrected chi connectivity index (χ4v) is 2.60. The maximum absolute atomic E-state index is 11.9. The number of nitrogens with two attached hydrogens (primary N) is 1. The van der Waals surface area contributed by atoms with Crippen molar-refractivity contribution in [2.75, 3.05) is 7.11 Å². The number of aliphatic carboxylic acids is 1. The van der Waals surface area contributed by atoms with Gasteiger partial charge in [0.2, 0.25) is 0 Å². The summed E-state index contributed by atoms with van der Waals surface area (Å²) in [7, 11) is 1.43. The molecule has 0 saturated heterocycles. The fourth-order valence-electron chi connectivity index (χ4n) is 1.98. The molecule has 0 aliphatic carbocycles. The van der Waals surface area contributed by atoms with Crippen LogP contribution in [-0.4, -0.2) is 24.2 Å². The zero-order valence-electron chi connectivity index (χ0n) is 13.0. The third-order valence-electron chi connectivity index (χ3n) is 3.15. The Hall–Kier alpha value is -2.64. The highest BCUT2D eigenvalue weighted by molar-refractivity contribution is 7.10. The van der Waals surface area contributed by atoms with E-state index >= 15 is 0 Å². The van der Waals surface area contributed by atoms with Crippen molar-refractivity contribution in [1.82, 2.24) is 0 Å². The number of carboxylic acids is 1. The Bertz CT molecular complexity index is 739. The largest absolute Gasteiger partial charge is 0.493 e. The van der Waals surface area contributed by atoms with Crippen LogP contribution in [0.3, 0.4) is 0 Å². The van der Waals surface area contributed by atoms with Gasteiger partial charge in [0.25, 0.3) is 0 Å². The predicted molar refractivity (Wildman–Crippen MR) is 91.2 cm³/mol. The van der Waals surface area contributed by atoms with Gasteiger partial charge in [-0.15, -0.1) is 11.3 Å². The van der Waals surface area contributed by atoms with Gasteiger partial charge >= 0.3 is 11.9 Å². The molecule has 0 aliphatic heterocycles. The summed E-state index contributed by atoms with van der Waals surface area (Å²) >= 11 is 1.51. The normalized spacial score (nSPS) is 12.1. The number of methoxy groups -OCH3 is 1. The summed E-state index contributed by atoms with van der Waals surface area (Å²) in [5.74, 6) is -0.976. The first-order chi connectivity index (χ1) is 11.5. The Labute approximate surface area is 143 Å². The van der Waals surface area contributed by atoms with E-state index in [0.29, 0.717) is 11.3 Å². The van der Waals surface area contributed by atoms with Crippen molar-refractivity contribution >= 4 is 29.4 Å². The lowest BCUT2D eigenvalue weighted by Gasteiger charge is -2.13. The first-order valence-electron chi connectivity index (χ1n) is 7.08. The highest BCUT2D eigenvalue weighted by atomic mass is 32.1. The maximum Gasteiger partial charge on any atom is 0.336 e. The van der Waals surface area contributed by atoms with Gasteiger partial charge in [0.15, 0.2) is 11.5 Å². The molecular weight excluding hydrogens is 330 g/mol. The summed E-state index contributed by atoms with van der Waals surface area (Å²) in [6.07, 6.45) is 2.79. The van der Waals surface area contributed by atoms with E-state index in [-0.39, 0.29) is 12.2 Å². The van der Waals surface area contributed by atoms with Crippen LogP contribution in [0.25, 0.3) is 6.08 Å². The predicted octanol–water partition coefficient (Wildman–Crippen LogP) is 2.85.